The van der Waals surface area contributed by atoms with Crippen LogP contribution in [0.1, 0.15) is 5.69 Å². The second-order valence-electron chi connectivity index (χ2n) is 3.49. The van der Waals surface area contributed by atoms with Gasteiger partial charge in [-0.1, -0.05) is 18.2 Å². The molecule has 0 aliphatic carbocycles. The molecule has 2 aromatic rings. The largest absolute Gasteiger partial charge is 0.377 e. The molecule has 4 nitrogen and oxygen atoms in total. The van der Waals surface area contributed by atoms with Crippen molar-refractivity contribution in [2.75, 3.05) is 0 Å². The van der Waals surface area contributed by atoms with E-state index in [0.29, 0.717) is 0 Å². The molecular weight excluding hydrogens is 238 g/mol. The highest BCUT2D eigenvalue weighted by atomic mass is 32.2. The van der Waals surface area contributed by atoms with Gasteiger partial charge in [0.15, 0.2) is 5.75 Å². The number of pyridine rings is 1. The number of hydrogen-bond donors (Lipinski definition) is 0. The lowest BCUT2D eigenvalue weighted by atomic mass is 10.4. The Morgan fingerprint density at radius 3 is 2.35 bits per heavy atom. The highest BCUT2D eigenvalue weighted by molar-refractivity contribution is 7.87. The SMILES string of the molecule is Cc1ccc(OS(=O)(=O)c2ccccc2)cn1. The van der Waals surface area contributed by atoms with Crippen LogP contribution < -0.4 is 4.18 Å². The van der Waals surface area contributed by atoms with Crippen LogP contribution in [-0.4, -0.2) is 13.4 Å². The third-order valence-electron chi connectivity index (χ3n) is 2.12. The number of nitrogens with zero attached hydrogens (tertiary/aromatic N) is 1. The van der Waals surface area contributed by atoms with E-state index < -0.39 is 10.1 Å². The van der Waals surface area contributed by atoms with Crippen molar-refractivity contribution in [1.82, 2.24) is 4.98 Å². The molecule has 17 heavy (non-hydrogen) atoms. The fraction of sp³-hybridized carbons (Fsp3) is 0.0833. The Kier molecular flexibility index (Phi) is 3.10. The third kappa shape index (κ3) is 2.82. The summed E-state index contributed by atoms with van der Waals surface area (Å²) in [7, 11) is -3.77. The fourth-order valence-corrected chi connectivity index (χ4v) is 2.20. The van der Waals surface area contributed by atoms with Crippen LogP contribution in [0.15, 0.2) is 53.6 Å². The van der Waals surface area contributed by atoms with E-state index in [0.717, 1.165) is 5.69 Å². The van der Waals surface area contributed by atoms with Gasteiger partial charge in [-0.15, -0.1) is 0 Å². The van der Waals surface area contributed by atoms with Crippen LogP contribution in [0.5, 0.6) is 5.75 Å². The van der Waals surface area contributed by atoms with Gasteiger partial charge in [0.05, 0.1) is 6.20 Å². The molecule has 1 aromatic carbocycles. The van der Waals surface area contributed by atoms with Crippen LogP contribution >= 0.6 is 0 Å². The molecule has 0 aliphatic heterocycles. The zero-order valence-corrected chi connectivity index (χ0v) is 10.0. The van der Waals surface area contributed by atoms with Gasteiger partial charge in [-0.3, -0.25) is 4.98 Å². The molecule has 1 heterocycles. The molecule has 5 heteroatoms. The molecule has 0 amide bonds. The van der Waals surface area contributed by atoms with E-state index in [-0.39, 0.29) is 10.6 Å². The van der Waals surface area contributed by atoms with E-state index >= 15 is 0 Å². The van der Waals surface area contributed by atoms with Gasteiger partial charge in [0.2, 0.25) is 0 Å². The van der Waals surface area contributed by atoms with Crippen LogP contribution in [0.3, 0.4) is 0 Å². The molecule has 0 fully saturated rings. The lowest BCUT2D eigenvalue weighted by molar-refractivity contribution is 0.484. The minimum atomic E-state index is -3.77. The van der Waals surface area contributed by atoms with Crippen LogP contribution in [0.2, 0.25) is 0 Å². The Morgan fingerprint density at radius 1 is 1.06 bits per heavy atom. The minimum Gasteiger partial charge on any atom is -0.377 e. The average molecular weight is 249 g/mol. The Balaban J connectivity index is 2.27. The van der Waals surface area contributed by atoms with Crippen LogP contribution in [0, 0.1) is 6.92 Å². The molecule has 0 radical (unpaired) electrons. The number of aromatic nitrogens is 1. The molecule has 0 spiro atoms. The second-order valence-corrected chi connectivity index (χ2v) is 5.03. The van der Waals surface area contributed by atoms with Crippen LogP contribution in [0.4, 0.5) is 0 Å². The Hall–Kier alpha value is -1.88. The summed E-state index contributed by atoms with van der Waals surface area (Å²) in [5, 5.41) is 0. The van der Waals surface area contributed by atoms with Crippen molar-refractivity contribution in [3.63, 3.8) is 0 Å². The maximum absolute atomic E-state index is 11.8. The summed E-state index contributed by atoms with van der Waals surface area (Å²) in [6, 6.07) is 11.3. The first-order valence-electron chi connectivity index (χ1n) is 5.00. The van der Waals surface area contributed by atoms with Gasteiger partial charge < -0.3 is 4.18 Å². The lowest BCUT2D eigenvalue weighted by Crippen LogP contribution is -2.09. The van der Waals surface area contributed by atoms with Crippen molar-refractivity contribution < 1.29 is 12.6 Å². The summed E-state index contributed by atoms with van der Waals surface area (Å²) in [6.45, 7) is 1.81. The second kappa shape index (κ2) is 4.55. The predicted molar refractivity (Wildman–Crippen MR) is 63.2 cm³/mol. The predicted octanol–water partition coefficient (Wildman–Crippen LogP) is 2.16. The van der Waals surface area contributed by atoms with Gasteiger partial charge in [-0.25, -0.2) is 0 Å². The summed E-state index contributed by atoms with van der Waals surface area (Å²) in [5.41, 5.74) is 0.800. The quantitative estimate of drug-likeness (QED) is 0.782. The topological polar surface area (TPSA) is 56.3 Å². The third-order valence-corrected chi connectivity index (χ3v) is 3.38. The van der Waals surface area contributed by atoms with Crippen LogP contribution in [-0.2, 0) is 10.1 Å². The molecule has 0 aliphatic rings. The van der Waals surface area contributed by atoms with Crippen molar-refractivity contribution >= 4 is 10.1 Å². The molecule has 0 N–H and O–H groups in total. The first kappa shape index (κ1) is 11.6. The molecule has 0 unspecified atom stereocenters. The highest BCUT2D eigenvalue weighted by Gasteiger charge is 2.15. The van der Waals surface area contributed by atoms with Gasteiger partial charge in [0.1, 0.15) is 4.90 Å². The monoisotopic (exact) mass is 249 g/mol. The number of benzene rings is 1. The maximum atomic E-state index is 11.8. The molecule has 0 atom stereocenters. The molecule has 0 bridgehead atoms. The summed E-state index contributed by atoms with van der Waals surface area (Å²) >= 11 is 0. The number of aryl methyl sites for hydroxylation is 1. The van der Waals surface area contributed by atoms with Gasteiger partial charge in [-0.05, 0) is 31.2 Å². The zero-order chi connectivity index (χ0) is 12.3. The van der Waals surface area contributed by atoms with E-state index in [1.807, 2.05) is 6.92 Å². The normalized spacial score (nSPS) is 11.1. The molecule has 1 aromatic heterocycles. The summed E-state index contributed by atoms with van der Waals surface area (Å²) in [6.07, 6.45) is 1.38. The van der Waals surface area contributed by atoms with E-state index in [2.05, 4.69) is 4.98 Å². The van der Waals surface area contributed by atoms with Crippen molar-refractivity contribution in [3.8, 4) is 5.75 Å². The summed E-state index contributed by atoms with van der Waals surface area (Å²) in [5.74, 6) is 0.208. The van der Waals surface area contributed by atoms with E-state index in [4.69, 9.17) is 4.18 Å². The van der Waals surface area contributed by atoms with Crippen molar-refractivity contribution in [2.24, 2.45) is 0 Å². The van der Waals surface area contributed by atoms with E-state index in [1.165, 1.54) is 18.3 Å². The number of rotatable bonds is 3. The van der Waals surface area contributed by atoms with E-state index in [9.17, 15) is 8.42 Å². The molecule has 0 saturated carbocycles. The van der Waals surface area contributed by atoms with Crippen molar-refractivity contribution in [1.29, 1.82) is 0 Å². The highest BCUT2D eigenvalue weighted by Crippen LogP contribution is 2.17. The molecule has 0 saturated heterocycles. The van der Waals surface area contributed by atoms with Gasteiger partial charge in [0.25, 0.3) is 0 Å². The Morgan fingerprint density at radius 2 is 1.76 bits per heavy atom. The molecule has 88 valence electrons. The Bertz CT molecular complexity index is 591. The Labute approximate surface area is 100 Å². The molecule has 2 rings (SSSR count). The summed E-state index contributed by atoms with van der Waals surface area (Å²) < 4.78 is 28.6. The van der Waals surface area contributed by atoms with Gasteiger partial charge >= 0.3 is 10.1 Å². The molecular formula is C12H11NO3S. The lowest BCUT2D eigenvalue weighted by Gasteiger charge is -2.06. The average Bonchev–Trinajstić information content (AvgIpc) is 2.33. The number of hydrogen-bond acceptors (Lipinski definition) is 4. The summed E-state index contributed by atoms with van der Waals surface area (Å²) in [4.78, 5) is 4.09. The zero-order valence-electron chi connectivity index (χ0n) is 9.20. The van der Waals surface area contributed by atoms with Crippen molar-refractivity contribution in [2.45, 2.75) is 11.8 Å². The van der Waals surface area contributed by atoms with Crippen LogP contribution in [0.25, 0.3) is 0 Å². The fourth-order valence-electron chi connectivity index (χ4n) is 1.27. The first-order chi connectivity index (χ1) is 8.08. The van der Waals surface area contributed by atoms with E-state index in [1.54, 1.807) is 30.3 Å². The maximum Gasteiger partial charge on any atom is 0.339 e. The minimum absolute atomic E-state index is 0.126. The van der Waals surface area contributed by atoms with Crippen molar-refractivity contribution in [3.05, 3.63) is 54.4 Å². The standard InChI is InChI=1S/C12H11NO3S/c1-10-7-8-11(9-13-10)16-17(14,15)12-5-3-2-4-6-12/h2-9H,1H3. The van der Waals surface area contributed by atoms with Gasteiger partial charge in [-0.2, -0.15) is 8.42 Å². The first-order valence-corrected chi connectivity index (χ1v) is 6.41. The smallest absolute Gasteiger partial charge is 0.339 e. The van der Waals surface area contributed by atoms with Gasteiger partial charge in [0, 0.05) is 5.69 Å².